The number of benzene rings is 1. The quantitative estimate of drug-likeness (QED) is 0.551. The molecule has 0 saturated heterocycles. The molecule has 0 atom stereocenters. The first kappa shape index (κ1) is 20.7. The lowest BCUT2D eigenvalue weighted by Gasteiger charge is -2.22. The van der Waals surface area contributed by atoms with Crippen LogP contribution in [0.2, 0.25) is 0 Å². The number of nitrogens with one attached hydrogen (secondary N) is 1. The molecule has 0 fully saturated rings. The van der Waals surface area contributed by atoms with Crippen LogP contribution in [-0.4, -0.2) is 46.1 Å². The van der Waals surface area contributed by atoms with Gasteiger partial charge in [-0.05, 0) is 25.0 Å². The molecule has 0 radical (unpaired) electrons. The minimum absolute atomic E-state index is 0.230. The smallest absolute Gasteiger partial charge is 0.279 e. The van der Waals surface area contributed by atoms with Gasteiger partial charge in [0.25, 0.3) is 10.2 Å². The van der Waals surface area contributed by atoms with Crippen LogP contribution in [0, 0.1) is 0 Å². The van der Waals surface area contributed by atoms with Gasteiger partial charge in [-0.3, -0.25) is 0 Å². The fourth-order valence-electron chi connectivity index (χ4n) is 2.14. The molecule has 0 aliphatic rings. The molecule has 1 N–H and O–H groups in total. The van der Waals surface area contributed by atoms with Crippen LogP contribution in [0.4, 0.5) is 0 Å². The van der Waals surface area contributed by atoms with Crippen molar-refractivity contribution in [3.8, 4) is 11.5 Å². The van der Waals surface area contributed by atoms with E-state index in [1.165, 1.54) is 4.31 Å². The molecular formula is C17H30N2O4S. The highest BCUT2D eigenvalue weighted by Gasteiger charge is 2.20. The molecule has 138 valence electrons. The van der Waals surface area contributed by atoms with E-state index in [1.807, 2.05) is 18.2 Å². The molecule has 1 aromatic rings. The molecule has 1 rings (SSSR count). The number of nitrogens with zero attached hydrogens (tertiary/aromatic N) is 1. The topological polar surface area (TPSA) is 67.9 Å². The van der Waals surface area contributed by atoms with Gasteiger partial charge in [0.2, 0.25) is 0 Å². The van der Waals surface area contributed by atoms with Crippen molar-refractivity contribution in [1.82, 2.24) is 9.03 Å². The van der Waals surface area contributed by atoms with Gasteiger partial charge in [-0.15, -0.1) is 0 Å². The van der Waals surface area contributed by atoms with Crippen molar-refractivity contribution in [2.24, 2.45) is 0 Å². The zero-order valence-corrected chi connectivity index (χ0v) is 15.8. The van der Waals surface area contributed by atoms with E-state index in [1.54, 1.807) is 13.2 Å². The Morgan fingerprint density at radius 3 is 2.29 bits per heavy atom. The molecule has 1 aromatic carbocycles. The number of unbranched alkanes of at least 4 members (excludes halogenated alkanes) is 2. The average molecular weight is 359 g/mol. The van der Waals surface area contributed by atoms with Crippen LogP contribution >= 0.6 is 0 Å². The van der Waals surface area contributed by atoms with Crippen LogP contribution in [0.25, 0.3) is 0 Å². The summed E-state index contributed by atoms with van der Waals surface area (Å²) in [5.41, 5.74) is 0. The van der Waals surface area contributed by atoms with Crippen molar-refractivity contribution in [3.05, 3.63) is 24.3 Å². The summed E-state index contributed by atoms with van der Waals surface area (Å²) < 4.78 is 39.6. The van der Waals surface area contributed by atoms with Crippen LogP contribution in [0.3, 0.4) is 0 Å². The van der Waals surface area contributed by atoms with Crippen LogP contribution in [0.1, 0.15) is 39.5 Å². The Morgan fingerprint density at radius 2 is 1.71 bits per heavy atom. The zero-order valence-electron chi connectivity index (χ0n) is 15.0. The van der Waals surface area contributed by atoms with Crippen molar-refractivity contribution in [1.29, 1.82) is 0 Å². The van der Waals surface area contributed by atoms with E-state index in [0.717, 1.165) is 25.7 Å². The summed E-state index contributed by atoms with van der Waals surface area (Å²) >= 11 is 0. The molecule has 0 unspecified atom stereocenters. The summed E-state index contributed by atoms with van der Waals surface area (Å²) in [6.07, 6.45) is 3.67. The van der Waals surface area contributed by atoms with Gasteiger partial charge in [0.15, 0.2) is 0 Å². The fraction of sp³-hybridized carbons (Fsp3) is 0.647. The maximum absolute atomic E-state index is 12.4. The number of hydrogen-bond donors (Lipinski definition) is 1. The second-order valence-electron chi connectivity index (χ2n) is 5.53. The summed E-state index contributed by atoms with van der Waals surface area (Å²) in [6, 6.07) is 7.24. The SMILES string of the molecule is CCCCN(CCCC)S(=O)(=O)NCCOc1cccc(OC)c1. The van der Waals surface area contributed by atoms with Gasteiger partial charge in [-0.2, -0.15) is 17.4 Å². The highest BCUT2D eigenvalue weighted by molar-refractivity contribution is 7.87. The van der Waals surface area contributed by atoms with E-state index in [2.05, 4.69) is 18.6 Å². The minimum Gasteiger partial charge on any atom is -0.497 e. The molecule has 0 aliphatic carbocycles. The standard InChI is InChI=1S/C17H30N2O4S/c1-4-6-12-19(13-7-5-2)24(20,21)18-11-14-23-17-10-8-9-16(15-17)22-3/h8-10,15,18H,4-7,11-14H2,1-3H3. The lowest BCUT2D eigenvalue weighted by molar-refractivity contribution is 0.316. The van der Waals surface area contributed by atoms with Crippen molar-refractivity contribution >= 4 is 10.2 Å². The minimum atomic E-state index is -3.46. The first-order valence-electron chi connectivity index (χ1n) is 8.55. The van der Waals surface area contributed by atoms with Gasteiger partial charge in [0.1, 0.15) is 18.1 Å². The molecule has 0 aliphatic heterocycles. The molecule has 0 aromatic heterocycles. The summed E-state index contributed by atoms with van der Waals surface area (Å²) in [7, 11) is -1.86. The van der Waals surface area contributed by atoms with Gasteiger partial charge in [-0.25, -0.2) is 0 Å². The second kappa shape index (κ2) is 11.3. The number of hydrogen-bond acceptors (Lipinski definition) is 4. The van der Waals surface area contributed by atoms with Gasteiger partial charge in [-0.1, -0.05) is 32.8 Å². The second-order valence-corrected chi connectivity index (χ2v) is 7.29. The maximum atomic E-state index is 12.4. The highest BCUT2D eigenvalue weighted by atomic mass is 32.2. The molecule has 24 heavy (non-hydrogen) atoms. The van der Waals surface area contributed by atoms with Crippen LogP contribution < -0.4 is 14.2 Å². The molecule has 0 saturated carbocycles. The summed E-state index contributed by atoms with van der Waals surface area (Å²) in [5, 5.41) is 0. The number of methoxy groups -OCH3 is 1. The van der Waals surface area contributed by atoms with Crippen LogP contribution in [-0.2, 0) is 10.2 Å². The van der Waals surface area contributed by atoms with E-state index in [-0.39, 0.29) is 13.2 Å². The molecule has 0 bridgehead atoms. The molecule has 0 amide bonds. The summed E-state index contributed by atoms with van der Waals surface area (Å²) in [5.74, 6) is 1.36. The fourth-order valence-corrected chi connectivity index (χ4v) is 3.41. The van der Waals surface area contributed by atoms with E-state index in [4.69, 9.17) is 9.47 Å². The van der Waals surface area contributed by atoms with Crippen molar-refractivity contribution in [2.45, 2.75) is 39.5 Å². The highest BCUT2D eigenvalue weighted by Crippen LogP contribution is 2.18. The van der Waals surface area contributed by atoms with E-state index in [9.17, 15) is 8.42 Å². The Bertz CT molecular complexity index is 555. The Kier molecular flexibility index (Phi) is 9.75. The number of ether oxygens (including phenoxy) is 2. The Labute approximate surface area is 146 Å². The monoisotopic (exact) mass is 358 g/mol. The Hall–Kier alpha value is -1.31. The normalized spacial score (nSPS) is 11.7. The third-order valence-electron chi connectivity index (χ3n) is 3.56. The predicted molar refractivity (Wildman–Crippen MR) is 96.8 cm³/mol. The van der Waals surface area contributed by atoms with E-state index < -0.39 is 10.2 Å². The molecule has 0 spiro atoms. The zero-order chi connectivity index (χ0) is 17.8. The van der Waals surface area contributed by atoms with Gasteiger partial charge in [0, 0.05) is 25.7 Å². The maximum Gasteiger partial charge on any atom is 0.279 e. The third kappa shape index (κ3) is 7.51. The van der Waals surface area contributed by atoms with Crippen molar-refractivity contribution in [3.63, 3.8) is 0 Å². The van der Waals surface area contributed by atoms with Crippen LogP contribution in [0.5, 0.6) is 11.5 Å². The summed E-state index contributed by atoms with van der Waals surface area (Å²) in [6.45, 7) is 5.72. The molecule has 7 heteroatoms. The summed E-state index contributed by atoms with van der Waals surface area (Å²) in [4.78, 5) is 0. The van der Waals surface area contributed by atoms with E-state index in [0.29, 0.717) is 24.6 Å². The first-order valence-corrected chi connectivity index (χ1v) is 9.99. The molecule has 6 nitrogen and oxygen atoms in total. The lowest BCUT2D eigenvalue weighted by atomic mass is 10.3. The molecular weight excluding hydrogens is 328 g/mol. The number of rotatable bonds is 13. The van der Waals surface area contributed by atoms with Gasteiger partial charge >= 0.3 is 0 Å². The van der Waals surface area contributed by atoms with Crippen LogP contribution in [0.15, 0.2) is 24.3 Å². The average Bonchev–Trinajstić information content (AvgIpc) is 2.59. The first-order chi connectivity index (χ1) is 11.5. The predicted octanol–water partition coefficient (Wildman–Crippen LogP) is 2.81. The third-order valence-corrected chi connectivity index (χ3v) is 5.17. The van der Waals surface area contributed by atoms with Crippen molar-refractivity contribution < 1.29 is 17.9 Å². The lowest BCUT2D eigenvalue weighted by Crippen LogP contribution is -2.43. The Balaban J connectivity index is 2.46. The van der Waals surface area contributed by atoms with Crippen molar-refractivity contribution in [2.75, 3.05) is 33.4 Å². The largest absolute Gasteiger partial charge is 0.497 e. The molecule has 0 heterocycles. The van der Waals surface area contributed by atoms with Gasteiger partial charge < -0.3 is 9.47 Å². The van der Waals surface area contributed by atoms with E-state index >= 15 is 0 Å². The van der Waals surface area contributed by atoms with Gasteiger partial charge in [0.05, 0.1) is 7.11 Å². The Morgan fingerprint density at radius 1 is 1.08 bits per heavy atom.